The van der Waals surface area contributed by atoms with Gasteiger partial charge in [-0.2, -0.15) is 0 Å². The summed E-state index contributed by atoms with van der Waals surface area (Å²) in [5.74, 6) is 0.463. The highest BCUT2D eigenvalue weighted by Crippen LogP contribution is 2.30. The third-order valence-electron chi connectivity index (χ3n) is 2.83. The van der Waals surface area contributed by atoms with Crippen molar-refractivity contribution in [1.29, 1.82) is 0 Å². The maximum Gasteiger partial charge on any atom is 0.260 e. The van der Waals surface area contributed by atoms with Crippen LogP contribution in [0.4, 0.5) is 11.4 Å². The zero-order valence-corrected chi connectivity index (χ0v) is 11.9. The normalized spacial score (nSPS) is 10.3. The maximum atomic E-state index is 11.3. The fourth-order valence-electron chi connectivity index (χ4n) is 2.10. The fourth-order valence-corrected chi connectivity index (χ4v) is 2.80. The average Bonchev–Trinajstić information content (AvgIpc) is 2.76. The Morgan fingerprint density at radius 1 is 1.32 bits per heavy atom. The standard InChI is InChI=1S/C14H16N2O2S/c1-8-6-10(7-9(2)12(8)18-3)16-11-4-5-19-13(11)14(15)17/h4-7,16H,1-3H3,(H2,15,17). The van der Waals surface area contributed by atoms with Gasteiger partial charge in [0.05, 0.1) is 12.8 Å². The number of carbonyl (C=O) groups excluding carboxylic acids is 1. The summed E-state index contributed by atoms with van der Waals surface area (Å²) in [7, 11) is 1.66. The summed E-state index contributed by atoms with van der Waals surface area (Å²) in [5, 5.41) is 5.06. The first-order valence-electron chi connectivity index (χ1n) is 5.82. The molecule has 0 aliphatic carbocycles. The molecular formula is C14H16N2O2S. The number of benzene rings is 1. The predicted octanol–water partition coefficient (Wildman–Crippen LogP) is 3.22. The van der Waals surface area contributed by atoms with Crippen molar-refractivity contribution < 1.29 is 9.53 Å². The summed E-state index contributed by atoms with van der Waals surface area (Å²) in [4.78, 5) is 11.8. The number of anilines is 2. The molecule has 1 amide bonds. The second-order valence-corrected chi connectivity index (χ2v) is 5.21. The summed E-state index contributed by atoms with van der Waals surface area (Å²) >= 11 is 1.33. The summed E-state index contributed by atoms with van der Waals surface area (Å²) in [5.41, 5.74) is 9.07. The van der Waals surface area contributed by atoms with E-state index in [-0.39, 0.29) is 0 Å². The van der Waals surface area contributed by atoms with Gasteiger partial charge in [0.15, 0.2) is 0 Å². The van der Waals surface area contributed by atoms with E-state index in [9.17, 15) is 4.79 Å². The first-order valence-corrected chi connectivity index (χ1v) is 6.70. The number of carbonyl (C=O) groups is 1. The summed E-state index contributed by atoms with van der Waals surface area (Å²) < 4.78 is 5.33. The Labute approximate surface area is 116 Å². The van der Waals surface area contributed by atoms with Crippen molar-refractivity contribution in [3.8, 4) is 5.75 Å². The van der Waals surface area contributed by atoms with Gasteiger partial charge in [-0.15, -0.1) is 11.3 Å². The molecule has 1 aromatic heterocycles. The Hall–Kier alpha value is -2.01. The van der Waals surface area contributed by atoms with Gasteiger partial charge in [0, 0.05) is 5.69 Å². The smallest absolute Gasteiger partial charge is 0.260 e. The molecule has 5 heteroatoms. The number of primary amides is 1. The lowest BCUT2D eigenvalue weighted by Gasteiger charge is -2.12. The molecule has 2 aromatic rings. The number of ether oxygens (including phenoxy) is 1. The topological polar surface area (TPSA) is 64.3 Å². The van der Waals surface area contributed by atoms with Crippen molar-refractivity contribution in [3.63, 3.8) is 0 Å². The van der Waals surface area contributed by atoms with Gasteiger partial charge >= 0.3 is 0 Å². The van der Waals surface area contributed by atoms with Crippen LogP contribution in [-0.2, 0) is 0 Å². The molecule has 0 saturated heterocycles. The van der Waals surface area contributed by atoms with Crippen LogP contribution in [0.3, 0.4) is 0 Å². The monoisotopic (exact) mass is 276 g/mol. The van der Waals surface area contributed by atoms with Crippen LogP contribution in [0, 0.1) is 13.8 Å². The highest BCUT2D eigenvalue weighted by molar-refractivity contribution is 7.12. The second-order valence-electron chi connectivity index (χ2n) is 4.30. The largest absolute Gasteiger partial charge is 0.496 e. The number of rotatable bonds is 4. The van der Waals surface area contributed by atoms with Gasteiger partial charge < -0.3 is 15.8 Å². The number of amides is 1. The third-order valence-corrected chi connectivity index (χ3v) is 3.76. The van der Waals surface area contributed by atoms with E-state index in [1.165, 1.54) is 11.3 Å². The quantitative estimate of drug-likeness (QED) is 0.901. The van der Waals surface area contributed by atoms with E-state index >= 15 is 0 Å². The molecule has 1 heterocycles. The number of methoxy groups -OCH3 is 1. The zero-order chi connectivity index (χ0) is 14.0. The number of thiophene rings is 1. The highest BCUT2D eigenvalue weighted by Gasteiger charge is 2.11. The van der Waals surface area contributed by atoms with E-state index in [1.54, 1.807) is 7.11 Å². The van der Waals surface area contributed by atoms with Crippen molar-refractivity contribution >= 4 is 28.6 Å². The number of aryl methyl sites for hydroxylation is 2. The number of hydrogen-bond acceptors (Lipinski definition) is 4. The van der Waals surface area contributed by atoms with Crippen LogP contribution in [0.2, 0.25) is 0 Å². The Kier molecular flexibility index (Phi) is 3.76. The minimum atomic E-state index is -0.417. The van der Waals surface area contributed by atoms with Crippen molar-refractivity contribution in [1.82, 2.24) is 0 Å². The average molecular weight is 276 g/mol. The Morgan fingerprint density at radius 2 is 1.95 bits per heavy atom. The molecule has 4 nitrogen and oxygen atoms in total. The molecule has 3 N–H and O–H groups in total. The van der Waals surface area contributed by atoms with E-state index in [0.717, 1.165) is 28.3 Å². The Bertz CT molecular complexity index is 597. The first-order chi connectivity index (χ1) is 9.02. The lowest BCUT2D eigenvalue weighted by Crippen LogP contribution is -2.10. The van der Waals surface area contributed by atoms with E-state index in [4.69, 9.17) is 10.5 Å². The van der Waals surface area contributed by atoms with Gasteiger partial charge in [0.25, 0.3) is 5.91 Å². The molecule has 0 spiro atoms. The molecule has 0 atom stereocenters. The van der Waals surface area contributed by atoms with Gasteiger partial charge in [-0.25, -0.2) is 0 Å². The molecular weight excluding hydrogens is 260 g/mol. The fraction of sp³-hybridized carbons (Fsp3) is 0.214. The van der Waals surface area contributed by atoms with Gasteiger partial charge in [-0.05, 0) is 48.6 Å². The third kappa shape index (κ3) is 2.71. The molecule has 0 bridgehead atoms. The Balaban J connectivity index is 2.34. The SMILES string of the molecule is COc1c(C)cc(Nc2ccsc2C(N)=O)cc1C. The van der Waals surface area contributed by atoms with E-state index in [0.29, 0.717) is 4.88 Å². The van der Waals surface area contributed by atoms with Crippen molar-refractivity contribution in [3.05, 3.63) is 39.6 Å². The van der Waals surface area contributed by atoms with Crippen molar-refractivity contribution in [2.45, 2.75) is 13.8 Å². The van der Waals surface area contributed by atoms with Crippen LogP contribution < -0.4 is 15.8 Å². The van der Waals surface area contributed by atoms with Crippen LogP contribution >= 0.6 is 11.3 Å². The predicted molar refractivity (Wildman–Crippen MR) is 78.6 cm³/mol. The van der Waals surface area contributed by atoms with Crippen molar-refractivity contribution in [2.75, 3.05) is 12.4 Å². The van der Waals surface area contributed by atoms with Crippen LogP contribution in [-0.4, -0.2) is 13.0 Å². The van der Waals surface area contributed by atoms with E-state index in [2.05, 4.69) is 5.32 Å². The molecule has 1 aromatic carbocycles. The summed E-state index contributed by atoms with van der Waals surface area (Å²) in [6.07, 6.45) is 0. The lowest BCUT2D eigenvalue weighted by atomic mass is 10.1. The molecule has 0 aliphatic rings. The van der Waals surface area contributed by atoms with Crippen LogP contribution in [0.25, 0.3) is 0 Å². The van der Waals surface area contributed by atoms with Crippen LogP contribution in [0.15, 0.2) is 23.6 Å². The zero-order valence-electron chi connectivity index (χ0n) is 11.1. The first kappa shape index (κ1) is 13.4. The Morgan fingerprint density at radius 3 is 2.47 bits per heavy atom. The number of hydrogen-bond donors (Lipinski definition) is 2. The minimum absolute atomic E-state index is 0.417. The van der Waals surface area contributed by atoms with Gasteiger partial charge in [-0.1, -0.05) is 0 Å². The molecule has 100 valence electrons. The molecule has 0 aliphatic heterocycles. The molecule has 2 rings (SSSR count). The maximum absolute atomic E-state index is 11.3. The molecule has 0 unspecified atom stereocenters. The van der Waals surface area contributed by atoms with E-state index in [1.807, 2.05) is 37.4 Å². The van der Waals surface area contributed by atoms with Gasteiger partial charge in [-0.3, -0.25) is 4.79 Å². The number of nitrogens with one attached hydrogen (secondary N) is 1. The highest BCUT2D eigenvalue weighted by atomic mass is 32.1. The molecule has 0 fully saturated rings. The second kappa shape index (κ2) is 5.32. The lowest BCUT2D eigenvalue weighted by molar-refractivity contribution is 0.100. The van der Waals surface area contributed by atoms with Crippen LogP contribution in [0.1, 0.15) is 20.8 Å². The van der Waals surface area contributed by atoms with E-state index < -0.39 is 5.91 Å². The molecule has 19 heavy (non-hydrogen) atoms. The minimum Gasteiger partial charge on any atom is -0.496 e. The van der Waals surface area contributed by atoms with Gasteiger partial charge in [0.2, 0.25) is 0 Å². The van der Waals surface area contributed by atoms with Crippen LogP contribution in [0.5, 0.6) is 5.75 Å². The molecule has 0 saturated carbocycles. The number of nitrogens with two attached hydrogens (primary N) is 1. The summed E-state index contributed by atoms with van der Waals surface area (Å²) in [6.45, 7) is 3.97. The van der Waals surface area contributed by atoms with Crippen molar-refractivity contribution in [2.24, 2.45) is 5.73 Å². The summed E-state index contributed by atoms with van der Waals surface area (Å²) in [6, 6.07) is 5.81. The van der Waals surface area contributed by atoms with Gasteiger partial charge in [0.1, 0.15) is 10.6 Å². The molecule has 0 radical (unpaired) electrons.